The second-order valence-electron chi connectivity index (χ2n) is 1.57. The molecular weight excluding hydrogens is 157 g/mol. The van der Waals surface area contributed by atoms with Crippen LogP contribution in [0.3, 0.4) is 0 Å². The fraction of sp³-hybridized carbons (Fsp3) is 0.167. The molecule has 1 radical (unpaired) electrons. The van der Waals surface area contributed by atoms with Crippen LogP contribution in [0.25, 0.3) is 0 Å². The zero-order chi connectivity index (χ0) is 7.56. The van der Waals surface area contributed by atoms with Crippen molar-refractivity contribution in [1.82, 2.24) is 4.98 Å². The fourth-order valence-corrected chi connectivity index (χ4v) is 0.632. The van der Waals surface area contributed by atoms with E-state index in [-0.39, 0.29) is 10.8 Å². The van der Waals surface area contributed by atoms with Gasteiger partial charge in [-0.1, -0.05) is 11.6 Å². The molecule has 0 aliphatic heterocycles. The molecule has 53 valence electrons. The lowest BCUT2D eigenvalue weighted by Crippen LogP contribution is -1.89. The molecule has 0 atom stereocenters. The zero-order valence-corrected chi connectivity index (χ0v) is 5.94. The summed E-state index contributed by atoms with van der Waals surface area (Å²) in [5.41, 5.74) is 0. The van der Waals surface area contributed by atoms with Gasteiger partial charge in [0.2, 0.25) is 0 Å². The molecule has 0 aromatic carbocycles. The average Bonchev–Trinajstić information content (AvgIpc) is 1.95. The minimum atomic E-state index is -0.626. The van der Waals surface area contributed by atoms with E-state index in [1.807, 2.05) is 0 Å². The summed E-state index contributed by atoms with van der Waals surface area (Å²) in [5.74, 6) is -0.688. The summed E-state index contributed by atoms with van der Waals surface area (Å²) in [5, 5.41) is -0.0596. The first-order valence-electron chi connectivity index (χ1n) is 2.51. The van der Waals surface area contributed by atoms with Crippen LogP contribution in [0.1, 0.15) is 0 Å². The van der Waals surface area contributed by atoms with Gasteiger partial charge in [-0.3, -0.25) is 0 Å². The molecule has 0 unspecified atom stereocenters. The number of halogens is 2. The first-order valence-corrected chi connectivity index (χ1v) is 2.89. The molecule has 0 spiro atoms. The van der Waals surface area contributed by atoms with Crippen molar-refractivity contribution in [1.29, 1.82) is 0 Å². The molecule has 4 heteroatoms. The third-order valence-corrected chi connectivity index (χ3v) is 1.22. The molecule has 1 aromatic rings. The largest absolute Gasteiger partial charge is 0.491 e. The fourth-order valence-electron chi connectivity index (χ4n) is 0.497. The van der Waals surface area contributed by atoms with Gasteiger partial charge < -0.3 is 4.74 Å². The highest BCUT2D eigenvalue weighted by molar-refractivity contribution is 6.30. The van der Waals surface area contributed by atoms with Crippen molar-refractivity contribution in [3.8, 4) is 5.75 Å². The van der Waals surface area contributed by atoms with E-state index < -0.39 is 5.82 Å². The number of nitrogens with zero attached hydrogens (tertiary/aromatic N) is 1. The third-order valence-electron chi connectivity index (χ3n) is 0.957. The number of pyridine rings is 1. The summed E-state index contributed by atoms with van der Waals surface area (Å²) < 4.78 is 17.2. The lowest BCUT2D eigenvalue weighted by Gasteiger charge is -1.98. The van der Waals surface area contributed by atoms with Crippen LogP contribution in [0.4, 0.5) is 4.39 Å². The molecule has 0 aliphatic carbocycles. The second kappa shape index (κ2) is 2.84. The quantitative estimate of drug-likeness (QED) is 0.624. The van der Waals surface area contributed by atoms with Gasteiger partial charge in [0.15, 0.2) is 11.6 Å². The molecular formula is C6H4ClFNO. The minimum absolute atomic E-state index is 0.0596. The Bertz CT molecular complexity index is 241. The monoisotopic (exact) mass is 160 g/mol. The van der Waals surface area contributed by atoms with Crippen molar-refractivity contribution in [3.05, 3.63) is 23.2 Å². The van der Waals surface area contributed by atoms with Crippen molar-refractivity contribution in [2.75, 3.05) is 7.11 Å². The predicted molar refractivity (Wildman–Crippen MR) is 34.6 cm³/mol. The number of hydrogen-bond donors (Lipinski definition) is 0. The normalized spacial score (nSPS) is 9.50. The molecule has 1 aromatic heterocycles. The molecule has 10 heavy (non-hydrogen) atoms. The van der Waals surface area contributed by atoms with Gasteiger partial charge in [-0.15, -0.1) is 0 Å². The van der Waals surface area contributed by atoms with E-state index in [0.29, 0.717) is 0 Å². The molecule has 2 nitrogen and oxygen atoms in total. The smallest absolute Gasteiger partial charge is 0.187 e. The molecule has 1 rings (SSSR count). The lowest BCUT2D eigenvalue weighted by atomic mass is 10.4. The second-order valence-corrected chi connectivity index (χ2v) is 1.97. The van der Waals surface area contributed by atoms with Gasteiger partial charge in [-0.25, -0.2) is 9.37 Å². The van der Waals surface area contributed by atoms with Gasteiger partial charge >= 0.3 is 0 Å². The maximum atomic E-state index is 12.7. The first kappa shape index (κ1) is 7.28. The van der Waals surface area contributed by atoms with Crippen molar-refractivity contribution in [2.24, 2.45) is 0 Å². The topological polar surface area (TPSA) is 22.1 Å². The zero-order valence-electron chi connectivity index (χ0n) is 5.19. The Morgan fingerprint density at radius 3 is 3.00 bits per heavy atom. The van der Waals surface area contributed by atoms with E-state index >= 15 is 0 Å². The Balaban J connectivity index is 3.14. The summed E-state index contributed by atoms with van der Waals surface area (Å²) in [4.78, 5) is 3.49. The Morgan fingerprint density at radius 2 is 2.50 bits per heavy atom. The van der Waals surface area contributed by atoms with Gasteiger partial charge in [-0.2, -0.15) is 0 Å². The summed E-state index contributed by atoms with van der Waals surface area (Å²) in [7, 11) is 1.33. The van der Waals surface area contributed by atoms with Crippen LogP contribution >= 0.6 is 11.6 Å². The molecule has 0 fully saturated rings. The first-order chi connectivity index (χ1) is 4.75. The number of hydrogen-bond acceptors (Lipinski definition) is 2. The lowest BCUT2D eigenvalue weighted by molar-refractivity contribution is 0.383. The Kier molecular flexibility index (Phi) is 2.06. The van der Waals surface area contributed by atoms with E-state index in [4.69, 9.17) is 11.6 Å². The standard InChI is InChI=1S/C6H4ClFNO/c1-10-5-3-9-2-4(7)6(5)8/h2H,1H3. The molecule has 1 heterocycles. The van der Waals surface area contributed by atoms with Crippen LogP contribution < -0.4 is 4.74 Å². The van der Waals surface area contributed by atoms with Crippen LogP contribution in [0.15, 0.2) is 6.20 Å². The number of methoxy groups -OCH3 is 1. The summed E-state index contributed by atoms with van der Waals surface area (Å²) >= 11 is 5.36. The number of rotatable bonds is 1. The molecule has 0 saturated carbocycles. The molecule has 0 N–H and O–H groups in total. The minimum Gasteiger partial charge on any atom is -0.491 e. The van der Waals surface area contributed by atoms with E-state index in [1.165, 1.54) is 13.3 Å². The predicted octanol–water partition coefficient (Wildman–Crippen LogP) is 1.68. The van der Waals surface area contributed by atoms with E-state index in [0.717, 1.165) is 0 Å². The highest BCUT2D eigenvalue weighted by atomic mass is 35.5. The van der Waals surface area contributed by atoms with Gasteiger partial charge in [0.1, 0.15) is 6.20 Å². The average molecular weight is 161 g/mol. The van der Waals surface area contributed by atoms with Crippen LogP contribution in [-0.2, 0) is 0 Å². The van der Waals surface area contributed by atoms with Crippen molar-refractivity contribution in [2.45, 2.75) is 0 Å². The van der Waals surface area contributed by atoms with E-state index in [2.05, 4.69) is 15.9 Å². The van der Waals surface area contributed by atoms with Gasteiger partial charge in [0.25, 0.3) is 0 Å². The van der Waals surface area contributed by atoms with Crippen LogP contribution in [0.2, 0.25) is 5.02 Å². The van der Waals surface area contributed by atoms with Crippen LogP contribution in [0, 0.1) is 12.0 Å². The van der Waals surface area contributed by atoms with E-state index in [9.17, 15) is 4.39 Å². The maximum absolute atomic E-state index is 12.7. The van der Waals surface area contributed by atoms with Crippen molar-refractivity contribution < 1.29 is 9.13 Å². The van der Waals surface area contributed by atoms with Gasteiger partial charge in [0.05, 0.1) is 12.1 Å². The molecule has 0 aliphatic rings. The summed E-state index contributed by atoms with van der Waals surface area (Å²) in [6, 6.07) is 0. The Hall–Kier alpha value is -0.830. The summed E-state index contributed by atoms with van der Waals surface area (Å²) in [6.07, 6.45) is 3.46. The SMILES string of the molecule is COc1[c]ncc(Cl)c1F. The Labute approximate surface area is 62.6 Å². The van der Waals surface area contributed by atoms with Gasteiger partial charge in [-0.05, 0) is 0 Å². The van der Waals surface area contributed by atoms with Crippen molar-refractivity contribution >= 4 is 11.6 Å². The maximum Gasteiger partial charge on any atom is 0.187 e. The van der Waals surface area contributed by atoms with Gasteiger partial charge in [0, 0.05) is 6.20 Å². The van der Waals surface area contributed by atoms with Crippen molar-refractivity contribution in [3.63, 3.8) is 0 Å². The van der Waals surface area contributed by atoms with Crippen LogP contribution in [-0.4, -0.2) is 12.1 Å². The molecule has 0 amide bonds. The third kappa shape index (κ3) is 1.19. The van der Waals surface area contributed by atoms with E-state index in [1.54, 1.807) is 0 Å². The number of ether oxygens (including phenoxy) is 1. The van der Waals surface area contributed by atoms with Crippen LogP contribution in [0.5, 0.6) is 5.75 Å². The molecule has 0 saturated heterocycles. The Morgan fingerprint density at radius 1 is 1.80 bits per heavy atom. The number of aromatic nitrogens is 1. The highest BCUT2D eigenvalue weighted by Crippen LogP contribution is 2.20. The highest BCUT2D eigenvalue weighted by Gasteiger charge is 2.06. The molecule has 0 bridgehead atoms. The summed E-state index contributed by atoms with van der Waals surface area (Å²) in [6.45, 7) is 0.